The molecule has 1 unspecified atom stereocenters. The first-order valence-corrected chi connectivity index (χ1v) is 14.1. The van der Waals surface area contributed by atoms with Crippen LogP contribution in [0.25, 0.3) is 11.0 Å². The van der Waals surface area contributed by atoms with E-state index in [1.807, 2.05) is 0 Å². The van der Waals surface area contributed by atoms with Crippen molar-refractivity contribution in [3.8, 4) is 11.5 Å². The van der Waals surface area contributed by atoms with Crippen molar-refractivity contribution in [3.05, 3.63) is 69.2 Å². The van der Waals surface area contributed by atoms with Crippen molar-refractivity contribution >= 4 is 52.6 Å². The van der Waals surface area contributed by atoms with Gasteiger partial charge >= 0.3 is 17.8 Å². The minimum Gasteiger partial charge on any atom is -0.508 e. The fourth-order valence-electron chi connectivity index (χ4n) is 5.37. The molecule has 1 aromatic heterocycles. The fraction of sp³-hybridized carbons (Fsp3) is 0.321. The zero-order valence-electron chi connectivity index (χ0n) is 23.9. The first-order valence-electron chi connectivity index (χ1n) is 13.3. The van der Waals surface area contributed by atoms with Gasteiger partial charge < -0.3 is 34.8 Å². The normalized spacial score (nSPS) is 20.6. The van der Waals surface area contributed by atoms with Crippen molar-refractivity contribution < 1.29 is 53.1 Å². The largest absolute Gasteiger partial charge is 0.513 e. The number of para-hydroxylation sites is 1. The lowest BCUT2D eigenvalue weighted by Crippen LogP contribution is -2.73. The molecule has 17 heteroatoms. The van der Waals surface area contributed by atoms with Gasteiger partial charge in [0.15, 0.2) is 5.75 Å². The molecule has 0 aliphatic carbocycles. The molecule has 0 bridgehead atoms. The number of imide groups is 1. The van der Waals surface area contributed by atoms with E-state index in [4.69, 9.17) is 15.0 Å². The van der Waals surface area contributed by atoms with Crippen molar-refractivity contribution in [2.45, 2.75) is 48.5 Å². The molecule has 2 aromatic carbocycles. The SMILES string of the molecule is COC(=O)Oc1cccc2c(=O)c(CC(=O)N(C(=O)C(N)c3ccc(O)cc3)[C@@H]3C(=O)N4[C@@H]3SC(C)(C)[C@@H]4C(=O)O)[n+]([O-])oc12. The summed E-state index contributed by atoms with van der Waals surface area (Å²) in [5.41, 5.74) is 4.20. The van der Waals surface area contributed by atoms with E-state index in [0.717, 1.165) is 23.8 Å². The van der Waals surface area contributed by atoms with Crippen LogP contribution in [0.5, 0.6) is 11.5 Å². The molecule has 0 saturated carbocycles. The van der Waals surface area contributed by atoms with Crippen LogP contribution in [0.4, 0.5) is 4.79 Å². The second kappa shape index (κ2) is 11.4. The molecule has 16 nitrogen and oxygen atoms in total. The van der Waals surface area contributed by atoms with E-state index in [0.29, 0.717) is 4.90 Å². The summed E-state index contributed by atoms with van der Waals surface area (Å²) in [5, 5.41) is 31.1. The Bertz CT molecular complexity index is 1810. The molecular formula is C28H26N4O12S. The second-order valence-electron chi connectivity index (χ2n) is 10.7. The Morgan fingerprint density at radius 3 is 2.47 bits per heavy atom. The van der Waals surface area contributed by atoms with Crippen LogP contribution in [0.2, 0.25) is 0 Å². The first kappa shape index (κ1) is 31.3. The highest BCUT2D eigenvalue weighted by Gasteiger charge is 2.66. The minimum absolute atomic E-state index is 0.122. The van der Waals surface area contributed by atoms with Gasteiger partial charge in [0.05, 0.1) is 17.4 Å². The van der Waals surface area contributed by atoms with Crippen LogP contribution in [0.15, 0.2) is 51.8 Å². The summed E-state index contributed by atoms with van der Waals surface area (Å²) in [4.78, 5) is 79.5. The maximum Gasteiger partial charge on any atom is 0.513 e. The third-order valence-corrected chi connectivity index (χ3v) is 9.07. The fourth-order valence-corrected chi connectivity index (χ4v) is 7.04. The zero-order chi connectivity index (χ0) is 33.0. The number of aromatic hydroxyl groups is 1. The quantitative estimate of drug-likeness (QED) is 0.137. The molecule has 0 spiro atoms. The highest BCUT2D eigenvalue weighted by atomic mass is 32.2. The van der Waals surface area contributed by atoms with E-state index in [-0.39, 0.29) is 27.4 Å². The Kier molecular flexibility index (Phi) is 7.92. The number of aromatic nitrogens is 1. The summed E-state index contributed by atoms with van der Waals surface area (Å²) in [6, 6.07) is 4.70. The Morgan fingerprint density at radius 2 is 1.84 bits per heavy atom. The van der Waals surface area contributed by atoms with E-state index >= 15 is 0 Å². The molecule has 2 aliphatic heterocycles. The number of hydrogen-bond donors (Lipinski definition) is 3. The van der Waals surface area contributed by atoms with Gasteiger partial charge in [0, 0.05) is 4.75 Å². The number of fused-ring (bicyclic) bond motifs is 2. The van der Waals surface area contributed by atoms with Crippen molar-refractivity contribution in [3.63, 3.8) is 0 Å². The van der Waals surface area contributed by atoms with Gasteiger partial charge in [-0.15, -0.1) is 11.8 Å². The van der Waals surface area contributed by atoms with Crippen LogP contribution < -0.4 is 20.8 Å². The van der Waals surface area contributed by atoms with E-state index in [9.17, 15) is 44.2 Å². The first-order chi connectivity index (χ1) is 21.2. The standard InChI is InChI=1S/C28H26N4O12S/c1-28(2)22(26(38)39)31-24(37)19(25(31)45-28)30(23(36)18(29)12-7-9-13(33)10-8-12)17(34)11-15-20(35)14-5-4-6-16(43-27(40)42-3)21(14)44-32(15)41/h4-10,18-19,22,25,33H,11,29H2,1-3H3,(H,38,39)/t18?,19-,22+,25-/m1/s1. The molecule has 2 fully saturated rings. The van der Waals surface area contributed by atoms with Gasteiger partial charge in [0.1, 0.15) is 41.3 Å². The summed E-state index contributed by atoms with van der Waals surface area (Å²) in [5.74, 6) is -4.79. The lowest BCUT2D eigenvalue weighted by molar-refractivity contribution is -0.799. The maximum atomic E-state index is 13.9. The van der Waals surface area contributed by atoms with Crippen molar-refractivity contribution in [1.29, 1.82) is 0 Å². The van der Waals surface area contributed by atoms with E-state index in [2.05, 4.69) is 4.74 Å². The van der Waals surface area contributed by atoms with Crippen LogP contribution in [0, 0.1) is 5.21 Å². The summed E-state index contributed by atoms with van der Waals surface area (Å²) >= 11 is 1.07. The van der Waals surface area contributed by atoms with Gasteiger partial charge in [-0.05, 0) is 43.7 Å². The number of carboxylic acid groups (broad SMARTS) is 1. The molecule has 3 heterocycles. The van der Waals surface area contributed by atoms with E-state index in [1.54, 1.807) is 13.8 Å². The Labute approximate surface area is 257 Å². The molecule has 4 atom stereocenters. The zero-order valence-corrected chi connectivity index (χ0v) is 24.7. The number of β-lactam (4-membered cyclic amide) rings is 1. The maximum absolute atomic E-state index is 13.9. The number of nitrogens with zero attached hydrogens (tertiary/aromatic N) is 3. The summed E-state index contributed by atoms with van der Waals surface area (Å²) in [6.07, 6.45) is -2.18. The van der Waals surface area contributed by atoms with Crippen LogP contribution in [0.3, 0.4) is 0 Å². The van der Waals surface area contributed by atoms with Gasteiger partial charge in [0.2, 0.25) is 5.91 Å². The highest BCUT2D eigenvalue weighted by Crippen LogP contribution is 2.52. The average molecular weight is 643 g/mol. The van der Waals surface area contributed by atoms with Gasteiger partial charge in [-0.2, -0.15) is 0 Å². The van der Waals surface area contributed by atoms with Crippen molar-refractivity contribution in [1.82, 2.24) is 9.80 Å². The summed E-state index contributed by atoms with van der Waals surface area (Å²) < 4.78 is 13.5. The van der Waals surface area contributed by atoms with Gasteiger partial charge in [-0.3, -0.25) is 29.3 Å². The topological polar surface area (TPSA) is 234 Å². The molecule has 45 heavy (non-hydrogen) atoms. The molecular weight excluding hydrogens is 616 g/mol. The van der Waals surface area contributed by atoms with Crippen LogP contribution in [-0.4, -0.2) is 79.2 Å². The number of thioether (sulfide) groups is 1. The Morgan fingerprint density at radius 1 is 1.18 bits per heavy atom. The minimum atomic E-state index is -1.53. The monoisotopic (exact) mass is 642 g/mol. The molecule has 2 saturated heterocycles. The lowest BCUT2D eigenvalue weighted by atomic mass is 9.94. The second-order valence-corrected chi connectivity index (χ2v) is 12.5. The third kappa shape index (κ3) is 5.29. The van der Waals surface area contributed by atoms with Crippen LogP contribution in [0.1, 0.15) is 31.1 Å². The molecule has 0 radical (unpaired) electrons. The number of phenols is 1. The number of hydrogen-bond acceptors (Lipinski definition) is 13. The Hall–Kier alpha value is -5.16. The van der Waals surface area contributed by atoms with E-state index < -0.39 is 81.2 Å². The van der Waals surface area contributed by atoms with E-state index in [1.165, 1.54) is 42.5 Å². The number of nitrogens with two attached hydrogens (primary N) is 1. The predicted octanol–water partition coefficient (Wildman–Crippen LogP) is 0.390. The number of aliphatic carboxylic acids is 1. The number of carboxylic acids is 1. The number of amides is 3. The Balaban J connectivity index is 1.54. The molecule has 2 aliphatic rings. The smallest absolute Gasteiger partial charge is 0.508 e. The lowest BCUT2D eigenvalue weighted by Gasteiger charge is -2.47. The number of benzene rings is 2. The molecule has 4 N–H and O–H groups in total. The van der Waals surface area contributed by atoms with Gasteiger partial charge in [-0.1, -0.05) is 18.2 Å². The molecule has 3 aromatic rings. The predicted molar refractivity (Wildman–Crippen MR) is 153 cm³/mol. The summed E-state index contributed by atoms with van der Waals surface area (Å²) in [7, 11) is 1.04. The number of methoxy groups -OCH3 is 1. The molecule has 3 amide bonds. The average Bonchev–Trinajstić information content (AvgIpc) is 3.25. The number of carbonyl (C=O) groups is 5. The molecule has 236 valence electrons. The number of rotatable bonds is 7. The highest BCUT2D eigenvalue weighted by molar-refractivity contribution is 8.01. The van der Waals surface area contributed by atoms with Crippen molar-refractivity contribution in [2.24, 2.45) is 5.73 Å². The number of carbonyl (C=O) groups excluding carboxylic acids is 4. The van der Waals surface area contributed by atoms with Gasteiger partial charge in [0.25, 0.3) is 17.2 Å². The number of phenolic OH excluding ortho intramolecular Hbond substituents is 1. The number of ether oxygens (including phenoxy) is 2. The molecule has 5 rings (SSSR count). The third-order valence-electron chi connectivity index (χ3n) is 7.51. The van der Waals surface area contributed by atoms with Crippen LogP contribution >= 0.6 is 11.8 Å². The summed E-state index contributed by atoms with van der Waals surface area (Å²) in [6.45, 7) is 3.21. The van der Waals surface area contributed by atoms with Gasteiger partial charge in [-0.25, -0.2) is 9.59 Å². The van der Waals surface area contributed by atoms with Crippen molar-refractivity contribution in [2.75, 3.05) is 7.11 Å². The van der Waals surface area contributed by atoms with Crippen LogP contribution in [-0.2, 0) is 30.3 Å².